The fourth-order valence-electron chi connectivity index (χ4n) is 1.90. The predicted octanol–water partition coefficient (Wildman–Crippen LogP) is 1.77. The Morgan fingerprint density at radius 2 is 2.00 bits per heavy atom. The number of nitrogens with zero attached hydrogens (tertiary/aromatic N) is 4. The molecule has 1 aliphatic heterocycles. The maximum absolute atomic E-state index is 4.33. The maximum atomic E-state index is 4.33. The zero-order chi connectivity index (χ0) is 11.0. The first kappa shape index (κ1) is 9.27. The molecule has 1 atom stereocenters. The highest BCUT2D eigenvalue weighted by atomic mass is 15.3. The van der Waals surface area contributed by atoms with Crippen LogP contribution in [0.3, 0.4) is 0 Å². The summed E-state index contributed by atoms with van der Waals surface area (Å²) < 4.78 is 2.12. The third kappa shape index (κ3) is 1.43. The van der Waals surface area contributed by atoms with Gasteiger partial charge in [0.25, 0.3) is 0 Å². The van der Waals surface area contributed by atoms with E-state index < -0.39 is 0 Å². The lowest BCUT2D eigenvalue weighted by atomic mass is 10.2. The van der Waals surface area contributed by atoms with Gasteiger partial charge in [0.1, 0.15) is 0 Å². The summed E-state index contributed by atoms with van der Waals surface area (Å²) in [6.45, 7) is 2.94. The third-order valence-electron chi connectivity index (χ3n) is 2.70. The maximum Gasteiger partial charge on any atom is 0.175 e. The number of rotatable bonds is 1. The molecular formula is C12H12N4. The third-order valence-corrected chi connectivity index (χ3v) is 2.70. The van der Waals surface area contributed by atoms with Crippen molar-refractivity contribution in [2.24, 2.45) is 4.99 Å². The van der Waals surface area contributed by atoms with E-state index in [1.807, 2.05) is 30.3 Å². The van der Waals surface area contributed by atoms with E-state index in [0.717, 1.165) is 23.8 Å². The zero-order valence-corrected chi connectivity index (χ0v) is 9.04. The minimum absolute atomic E-state index is 0.297. The first-order valence-corrected chi connectivity index (χ1v) is 5.36. The lowest BCUT2D eigenvalue weighted by Gasteiger charge is -2.15. The number of hydrogen-bond donors (Lipinski definition) is 0. The molecule has 0 aliphatic carbocycles. The molecule has 0 fully saturated rings. The van der Waals surface area contributed by atoms with Crippen molar-refractivity contribution < 1.29 is 0 Å². The van der Waals surface area contributed by atoms with E-state index in [1.54, 1.807) is 6.21 Å². The molecule has 0 saturated carbocycles. The lowest BCUT2D eigenvalue weighted by molar-refractivity contribution is 0.578. The van der Waals surface area contributed by atoms with E-state index >= 15 is 0 Å². The minimum Gasteiger partial charge on any atom is -0.304 e. The second kappa shape index (κ2) is 3.56. The summed E-state index contributed by atoms with van der Waals surface area (Å²) in [6, 6.07) is 10.4. The molecule has 0 saturated heterocycles. The van der Waals surface area contributed by atoms with Gasteiger partial charge >= 0.3 is 0 Å². The van der Waals surface area contributed by atoms with Gasteiger partial charge in [-0.3, -0.25) is 4.99 Å². The van der Waals surface area contributed by atoms with Crippen molar-refractivity contribution in [2.75, 3.05) is 0 Å². The molecule has 4 heteroatoms. The van der Waals surface area contributed by atoms with Crippen molar-refractivity contribution in [1.82, 2.24) is 14.8 Å². The van der Waals surface area contributed by atoms with E-state index in [-0.39, 0.29) is 0 Å². The van der Waals surface area contributed by atoms with Crippen LogP contribution in [0.2, 0.25) is 0 Å². The van der Waals surface area contributed by atoms with Crippen molar-refractivity contribution in [3.05, 3.63) is 36.2 Å². The predicted molar refractivity (Wildman–Crippen MR) is 62.5 cm³/mol. The van der Waals surface area contributed by atoms with E-state index in [2.05, 4.69) is 26.7 Å². The molecule has 2 aromatic rings. The molecule has 1 unspecified atom stereocenters. The van der Waals surface area contributed by atoms with Crippen molar-refractivity contribution in [3.63, 3.8) is 0 Å². The van der Waals surface area contributed by atoms with Crippen LogP contribution >= 0.6 is 0 Å². The van der Waals surface area contributed by atoms with Gasteiger partial charge in [-0.1, -0.05) is 30.3 Å². The fourth-order valence-corrected chi connectivity index (χ4v) is 1.90. The van der Waals surface area contributed by atoms with Crippen LogP contribution in [0, 0.1) is 0 Å². The standard InChI is InChI=1S/C12H12N4/c1-9-8-16-11(7-13-9)14-15-12(16)10-5-3-2-4-6-10/h2-7,9H,8H2,1H3. The smallest absolute Gasteiger partial charge is 0.175 e. The molecule has 3 rings (SSSR count). The van der Waals surface area contributed by atoms with Gasteiger partial charge in [0, 0.05) is 12.1 Å². The van der Waals surface area contributed by atoms with Gasteiger partial charge in [-0.15, -0.1) is 10.2 Å². The van der Waals surface area contributed by atoms with Crippen LogP contribution in [-0.2, 0) is 6.54 Å². The SMILES string of the molecule is CC1Cn2c(nnc2-c2ccccc2)C=N1. The average molecular weight is 212 g/mol. The Balaban J connectivity index is 2.11. The molecule has 80 valence electrons. The summed E-state index contributed by atoms with van der Waals surface area (Å²) in [6.07, 6.45) is 1.80. The van der Waals surface area contributed by atoms with Crippen LogP contribution in [0.1, 0.15) is 12.7 Å². The van der Waals surface area contributed by atoms with Gasteiger partial charge in [-0.25, -0.2) is 0 Å². The van der Waals surface area contributed by atoms with Gasteiger partial charge < -0.3 is 4.57 Å². The summed E-state index contributed by atoms with van der Waals surface area (Å²) in [5.41, 5.74) is 1.10. The first-order valence-electron chi connectivity index (χ1n) is 5.36. The van der Waals surface area contributed by atoms with E-state index in [1.165, 1.54) is 0 Å². The lowest BCUT2D eigenvalue weighted by Crippen LogP contribution is -2.19. The molecule has 4 nitrogen and oxygen atoms in total. The van der Waals surface area contributed by atoms with Gasteiger partial charge in [0.05, 0.1) is 12.3 Å². The molecule has 16 heavy (non-hydrogen) atoms. The van der Waals surface area contributed by atoms with Gasteiger partial charge in [-0.2, -0.15) is 0 Å². The van der Waals surface area contributed by atoms with Gasteiger partial charge in [0.2, 0.25) is 0 Å². The molecule has 1 aliphatic rings. The molecule has 0 bridgehead atoms. The second-order valence-electron chi connectivity index (χ2n) is 3.99. The van der Waals surface area contributed by atoms with Gasteiger partial charge in [0.15, 0.2) is 11.6 Å². The summed E-state index contributed by atoms with van der Waals surface area (Å²) in [7, 11) is 0. The highest BCUT2D eigenvalue weighted by Crippen LogP contribution is 2.19. The van der Waals surface area contributed by atoms with E-state index in [4.69, 9.17) is 0 Å². The Kier molecular flexibility index (Phi) is 2.06. The molecular weight excluding hydrogens is 200 g/mol. The number of fused-ring (bicyclic) bond motifs is 1. The monoisotopic (exact) mass is 212 g/mol. The quantitative estimate of drug-likeness (QED) is 0.723. The molecule has 0 amide bonds. The number of aromatic nitrogens is 3. The molecule has 0 N–H and O–H groups in total. The van der Waals surface area contributed by atoms with Crippen LogP contribution in [0.5, 0.6) is 0 Å². The van der Waals surface area contributed by atoms with Crippen molar-refractivity contribution >= 4 is 6.21 Å². The zero-order valence-electron chi connectivity index (χ0n) is 9.04. The normalized spacial score (nSPS) is 18.4. The Morgan fingerprint density at radius 3 is 2.81 bits per heavy atom. The number of hydrogen-bond acceptors (Lipinski definition) is 3. The van der Waals surface area contributed by atoms with Crippen molar-refractivity contribution in [3.8, 4) is 11.4 Å². The Morgan fingerprint density at radius 1 is 1.19 bits per heavy atom. The average Bonchev–Trinajstić information content (AvgIpc) is 2.73. The molecule has 2 heterocycles. The Labute approximate surface area is 93.7 Å². The van der Waals surface area contributed by atoms with E-state index in [9.17, 15) is 0 Å². The summed E-state index contributed by atoms with van der Waals surface area (Å²) in [4.78, 5) is 4.33. The van der Waals surface area contributed by atoms with Crippen LogP contribution in [0.15, 0.2) is 35.3 Å². The van der Waals surface area contributed by atoms with Crippen molar-refractivity contribution in [2.45, 2.75) is 19.5 Å². The number of aliphatic imine (C=N–C) groups is 1. The summed E-state index contributed by atoms with van der Waals surface area (Å²) in [5, 5.41) is 8.36. The Hall–Kier alpha value is -1.97. The largest absolute Gasteiger partial charge is 0.304 e. The summed E-state index contributed by atoms with van der Waals surface area (Å²) in [5.74, 6) is 1.77. The molecule has 0 radical (unpaired) electrons. The highest BCUT2D eigenvalue weighted by molar-refractivity contribution is 5.77. The van der Waals surface area contributed by atoms with Crippen molar-refractivity contribution in [1.29, 1.82) is 0 Å². The summed E-state index contributed by atoms with van der Waals surface area (Å²) >= 11 is 0. The first-order chi connectivity index (χ1) is 7.84. The number of benzene rings is 1. The van der Waals surface area contributed by atoms with E-state index in [0.29, 0.717) is 6.04 Å². The van der Waals surface area contributed by atoms with Crippen LogP contribution in [-0.4, -0.2) is 27.0 Å². The molecule has 1 aromatic heterocycles. The van der Waals surface area contributed by atoms with Crippen LogP contribution in [0.25, 0.3) is 11.4 Å². The van der Waals surface area contributed by atoms with Crippen LogP contribution in [0.4, 0.5) is 0 Å². The molecule has 0 spiro atoms. The fraction of sp³-hybridized carbons (Fsp3) is 0.250. The topological polar surface area (TPSA) is 43.1 Å². The van der Waals surface area contributed by atoms with Crippen LogP contribution < -0.4 is 0 Å². The second-order valence-corrected chi connectivity index (χ2v) is 3.99. The Bertz CT molecular complexity index is 527. The highest BCUT2D eigenvalue weighted by Gasteiger charge is 2.17. The molecule has 1 aromatic carbocycles. The van der Waals surface area contributed by atoms with Gasteiger partial charge in [-0.05, 0) is 6.92 Å². The minimum atomic E-state index is 0.297.